The zero-order valence-electron chi connectivity index (χ0n) is 20.9. The molecule has 2 heterocycles. The van der Waals surface area contributed by atoms with Crippen molar-refractivity contribution in [3.63, 3.8) is 0 Å². The fraction of sp³-hybridized carbons (Fsp3) is 0.250. The second-order valence-corrected chi connectivity index (χ2v) is 10.9. The summed E-state index contributed by atoms with van der Waals surface area (Å²) in [5, 5.41) is 3.72. The molecular weight excluding hydrogens is 609 g/mol. The molecule has 0 saturated carbocycles. The Morgan fingerprint density at radius 3 is 2.64 bits per heavy atom. The standard InChI is InChI=1S/C28H24BrCl2N3O5/c1-38-13-12-33-26(36)20-4-2-3-5-23(20)34-25(35)10-11-28(33,34)27(37)32-16-17-6-7-18(29)14-24(17)39-19-8-9-21(30)22(31)15-19/h2-9,14-15H,10-13,16H2,1H3,(H,32,37). The van der Waals surface area contributed by atoms with Crippen LogP contribution >= 0.6 is 39.1 Å². The normalized spacial score (nSPS) is 18.2. The van der Waals surface area contributed by atoms with Crippen LogP contribution in [0.4, 0.5) is 5.69 Å². The molecule has 1 fully saturated rings. The van der Waals surface area contributed by atoms with Crippen molar-refractivity contribution in [1.82, 2.24) is 10.2 Å². The van der Waals surface area contributed by atoms with Gasteiger partial charge in [-0.25, -0.2) is 0 Å². The third-order valence-corrected chi connectivity index (χ3v) is 8.08. The molecule has 39 heavy (non-hydrogen) atoms. The van der Waals surface area contributed by atoms with Gasteiger partial charge in [-0.05, 0) is 36.4 Å². The van der Waals surface area contributed by atoms with Crippen molar-refractivity contribution in [2.24, 2.45) is 0 Å². The third kappa shape index (κ3) is 5.00. The lowest BCUT2D eigenvalue weighted by Gasteiger charge is -2.49. The number of benzene rings is 3. The maximum Gasteiger partial charge on any atom is 0.267 e. The monoisotopic (exact) mass is 631 g/mol. The molecule has 2 aliphatic heterocycles. The van der Waals surface area contributed by atoms with E-state index in [2.05, 4.69) is 21.2 Å². The number of rotatable bonds is 8. The zero-order valence-corrected chi connectivity index (χ0v) is 24.0. The molecule has 1 N–H and O–H groups in total. The first-order valence-electron chi connectivity index (χ1n) is 12.2. The van der Waals surface area contributed by atoms with Gasteiger partial charge in [-0.3, -0.25) is 19.3 Å². The number of carbonyl (C=O) groups excluding carboxylic acids is 3. The molecule has 0 aliphatic carbocycles. The number of halogens is 3. The smallest absolute Gasteiger partial charge is 0.267 e. The Hall–Kier alpha value is -3.11. The Labute approximate surface area is 243 Å². The summed E-state index contributed by atoms with van der Waals surface area (Å²) in [7, 11) is 1.52. The third-order valence-electron chi connectivity index (χ3n) is 6.84. The SMILES string of the molecule is COCCN1C(=O)c2ccccc2N2C(=O)CCC12C(=O)NCc1ccc(Br)cc1Oc1ccc(Cl)c(Cl)c1. The lowest BCUT2D eigenvalue weighted by Crippen LogP contribution is -2.70. The number of carbonyl (C=O) groups is 3. The topological polar surface area (TPSA) is 88.2 Å². The van der Waals surface area contributed by atoms with Crippen LogP contribution in [-0.2, 0) is 20.9 Å². The molecule has 8 nitrogen and oxygen atoms in total. The number of amides is 3. The first-order chi connectivity index (χ1) is 18.8. The summed E-state index contributed by atoms with van der Waals surface area (Å²) in [5.41, 5.74) is -0.0318. The molecule has 2 aliphatic rings. The van der Waals surface area contributed by atoms with E-state index in [0.29, 0.717) is 38.4 Å². The average Bonchev–Trinajstić information content (AvgIpc) is 3.28. The second kappa shape index (κ2) is 11.2. The highest BCUT2D eigenvalue weighted by molar-refractivity contribution is 9.10. The highest BCUT2D eigenvalue weighted by Crippen LogP contribution is 2.44. The second-order valence-electron chi connectivity index (χ2n) is 9.13. The molecule has 3 amide bonds. The van der Waals surface area contributed by atoms with Crippen LogP contribution in [0.15, 0.2) is 65.1 Å². The number of para-hydroxylation sites is 1. The number of fused-ring (bicyclic) bond motifs is 3. The molecule has 1 atom stereocenters. The van der Waals surface area contributed by atoms with Crippen LogP contribution in [0.5, 0.6) is 11.5 Å². The molecule has 11 heteroatoms. The highest BCUT2D eigenvalue weighted by Gasteiger charge is 2.60. The Morgan fingerprint density at radius 2 is 1.87 bits per heavy atom. The van der Waals surface area contributed by atoms with Crippen molar-refractivity contribution in [2.45, 2.75) is 25.0 Å². The zero-order chi connectivity index (χ0) is 27.7. The fourth-order valence-corrected chi connectivity index (χ4v) is 5.65. The van der Waals surface area contributed by atoms with E-state index in [4.69, 9.17) is 32.7 Å². The van der Waals surface area contributed by atoms with E-state index in [1.54, 1.807) is 48.5 Å². The van der Waals surface area contributed by atoms with E-state index < -0.39 is 11.6 Å². The number of methoxy groups -OCH3 is 1. The molecule has 5 rings (SSSR count). The summed E-state index contributed by atoms with van der Waals surface area (Å²) in [6.07, 6.45) is 0.289. The van der Waals surface area contributed by atoms with Crippen molar-refractivity contribution in [2.75, 3.05) is 25.2 Å². The number of nitrogens with zero attached hydrogens (tertiary/aromatic N) is 2. The van der Waals surface area contributed by atoms with E-state index in [1.807, 2.05) is 12.1 Å². The average molecular weight is 633 g/mol. The molecule has 3 aromatic carbocycles. The largest absolute Gasteiger partial charge is 0.457 e. The van der Waals surface area contributed by atoms with Crippen LogP contribution in [-0.4, -0.2) is 48.5 Å². The first-order valence-corrected chi connectivity index (χ1v) is 13.7. The molecule has 0 spiro atoms. The number of nitrogens with one attached hydrogen (secondary N) is 1. The number of ether oxygens (including phenoxy) is 2. The lowest BCUT2D eigenvalue weighted by molar-refractivity contribution is -0.134. The minimum absolute atomic E-state index is 0.0838. The van der Waals surface area contributed by atoms with Gasteiger partial charge < -0.3 is 19.7 Å². The predicted molar refractivity (Wildman–Crippen MR) is 151 cm³/mol. The summed E-state index contributed by atoms with van der Waals surface area (Å²) in [4.78, 5) is 43.7. The van der Waals surface area contributed by atoms with Gasteiger partial charge in [-0.2, -0.15) is 0 Å². The van der Waals surface area contributed by atoms with E-state index in [1.165, 1.54) is 16.9 Å². The summed E-state index contributed by atoms with van der Waals surface area (Å²) < 4.78 is 12.1. The minimum Gasteiger partial charge on any atom is -0.457 e. The molecule has 1 saturated heterocycles. The minimum atomic E-state index is -1.51. The molecule has 0 radical (unpaired) electrons. The molecule has 1 unspecified atom stereocenters. The van der Waals surface area contributed by atoms with Gasteiger partial charge in [0.2, 0.25) is 11.6 Å². The molecule has 202 valence electrons. The van der Waals surface area contributed by atoms with E-state index in [-0.39, 0.29) is 44.4 Å². The van der Waals surface area contributed by atoms with Crippen LogP contribution in [0.1, 0.15) is 28.8 Å². The van der Waals surface area contributed by atoms with Crippen LogP contribution < -0.4 is 15.0 Å². The fourth-order valence-electron chi connectivity index (χ4n) is 5.02. The maximum absolute atomic E-state index is 14.0. The lowest BCUT2D eigenvalue weighted by atomic mass is 9.95. The number of hydrogen-bond acceptors (Lipinski definition) is 5. The van der Waals surface area contributed by atoms with Gasteiger partial charge in [-0.1, -0.05) is 57.3 Å². The van der Waals surface area contributed by atoms with Gasteiger partial charge in [-0.15, -0.1) is 0 Å². The Morgan fingerprint density at radius 1 is 1.08 bits per heavy atom. The van der Waals surface area contributed by atoms with Crippen molar-refractivity contribution in [3.8, 4) is 11.5 Å². The van der Waals surface area contributed by atoms with E-state index in [9.17, 15) is 14.4 Å². The number of hydrogen-bond donors (Lipinski definition) is 1. The van der Waals surface area contributed by atoms with Gasteiger partial charge in [0, 0.05) is 49.1 Å². The maximum atomic E-state index is 14.0. The van der Waals surface area contributed by atoms with E-state index in [0.717, 1.165) is 4.47 Å². The Kier molecular flexibility index (Phi) is 7.87. The molecule has 0 bridgehead atoms. The predicted octanol–water partition coefficient (Wildman–Crippen LogP) is 5.79. The van der Waals surface area contributed by atoms with Crippen LogP contribution in [0, 0.1) is 0 Å². The Balaban J connectivity index is 1.46. The molecule has 3 aromatic rings. The quantitative estimate of drug-likeness (QED) is 0.340. The first kappa shape index (κ1) is 27.5. The molecule has 0 aromatic heterocycles. The van der Waals surface area contributed by atoms with Crippen LogP contribution in [0.2, 0.25) is 10.0 Å². The van der Waals surface area contributed by atoms with Crippen molar-refractivity contribution >= 4 is 62.5 Å². The highest BCUT2D eigenvalue weighted by atomic mass is 79.9. The molecular formula is C28H24BrCl2N3O5. The summed E-state index contributed by atoms with van der Waals surface area (Å²) in [6, 6.07) is 17.2. The van der Waals surface area contributed by atoms with Crippen LogP contribution in [0.3, 0.4) is 0 Å². The van der Waals surface area contributed by atoms with Crippen molar-refractivity contribution < 1.29 is 23.9 Å². The van der Waals surface area contributed by atoms with Gasteiger partial charge in [0.15, 0.2) is 0 Å². The summed E-state index contributed by atoms with van der Waals surface area (Å²) in [5.74, 6) is -0.0470. The van der Waals surface area contributed by atoms with Gasteiger partial charge in [0.25, 0.3) is 11.8 Å². The van der Waals surface area contributed by atoms with Crippen LogP contribution in [0.25, 0.3) is 0 Å². The Bertz CT molecular complexity index is 1470. The van der Waals surface area contributed by atoms with E-state index >= 15 is 0 Å². The summed E-state index contributed by atoms with van der Waals surface area (Å²) >= 11 is 15.6. The van der Waals surface area contributed by atoms with Crippen molar-refractivity contribution in [1.29, 1.82) is 0 Å². The van der Waals surface area contributed by atoms with Gasteiger partial charge in [0.1, 0.15) is 11.5 Å². The summed E-state index contributed by atoms with van der Waals surface area (Å²) in [6.45, 7) is 0.435. The number of anilines is 1. The van der Waals surface area contributed by atoms with Crippen molar-refractivity contribution in [3.05, 3.63) is 86.3 Å². The van der Waals surface area contributed by atoms with Gasteiger partial charge >= 0.3 is 0 Å². The van der Waals surface area contributed by atoms with Gasteiger partial charge in [0.05, 0.1) is 27.9 Å².